The van der Waals surface area contributed by atoms with Gasteiger partial charge in [0.05, 0.1) is 17.2 Å². The van der Waals surface area contributed by atoms with E-state index in [1.165, 1.54) is 4.88 Å². The van der Waals surface area contributed by atoms with Crippen molar-refractivity contribution < 1.29 is 9.53 Å². The van der Waals surface area contributed by atoms with E-state index in [2.05, 4.69) is 20.6 Å². The monoisotopic (exact) mass is 361 g/mol. The molecule has 0 unspecified atom stereocenters. The molecule has 25 heavy (non-hydrogen) atoms. The average Bonchev–Trinajstić information content (AvgIpc) is 2.91. The maximum atomic E-state index is 10.8. The lowest BCUT2D eigenvalue weighted by molar-refractivity contribution is -0.119. The molecule has 2 rings (SSSR count). The maximum Gasteiger partial charge on any atom is 0.255 e. The number of guanidine groups is 1. The predicted octanol–water partition coefficient (Wildman–Crippen LogP) is 1.49. The van der Waals surface area contributed by atoms with E-state index < -0.39 is 5.91 Å². The van der Waals surface area contributed by atoms with Crippen LogP contribution in [0.5, 0.6) is 5.75 Å². The van der Waals surface area contributed by atoms with Gasteiger partial charge in [-0.05, 0) is 31.5 Å². The quantitative estimate of drug-likeness (QED) is 0.512. The molecule has 4 N–H and O–H groups in total. The van der Waals surface area contributed by atoms with E-state index in [1.54, 1.807) is 24.5 Å². The number of aryl methyl sites for hydroxylation is 2. The molecule has 0 aliphatic carbocycles. The number of ether oxygens (including phenoxy) is 1. The van der Waals surface area contributed by atoms with E-state index >= 15 is 0 Å². The molecule has 2 aromatic rings. The molecular formula is C17H23N5O2S. The van der Waals surface area contributed by atoms with Gasteiger partial charge < -0.3 is 21.1 Å². The van der Waals surface area contributed by atoms with Crippen LogP contribution < -0.4 is 21.1 Å². The number of primary amides is 1. The lowest BCUT2D eigenvalue weighted by Crippen LogP contribution is -2.36. The van der Waals surface area contributed by atoms with E-state index in [-0.39, 0.29) is 6.61 Å². The van der Waals surface area contributed by atoms with Gasteiger partial charge in [0.25, 0.3) is 5.91 Å². The first-order valence-electron chi connectivity index (χ1n) is 7.85. The Balaban J connectivity index is 1.87. The minimum atomic E-state index is -0.498. The van der Waals surface area contributed by atoms with Gasteiger partial charge in [-0.25, -0.2) is 4.98 Å². The summed E-state index contributed by atoms with van der Waals surface area (Å²) in [4.78, 5) is 20.6. The van der Waals surface area contributed by atoms with E-state index in [4.69, 9.17) is 10.5 Å². The van der Waals surface area contributed by atoms with Gasteiger partial charge in [-0.3, -0.25) is 9.79 Å². The molecule has 0 spiro atoms. The van der Waals surface area contributed by atoms with E-state index in [0.29, 0.717) is 24.8 Å². The molecule has 1 amide bonds. The van der Waals surface area contributed by atoms with Gasteiger partial charge in [-0.2, -0.15) is 0 Å². The zero-order valence-corrected chi connectivity index (χ0v) is 15.4. The lowest BCUT2D eigenvalue weighted by atomic mass is 10.2. The first-order valence-corrected chi connectivity index (χ1v) is 8.67. The van der Waals surface area contributed by atoms with Crippen molar-refractivity contribution in [3.05, 3.63) is 45.4 Å². The van der Waals surface area contributed by atoms with Crippen molar-refractivity contribution in [2.24, 2.45) is 10.7 Å². The number of hydrogen-bond donors (Lipinski definition) is 3. The summed E-state index contributed by atoms with van der Waals surface area (Å²) in [6, 6.07) is 7.48. The fraction of sp³-hybridized carbons (Fsp3) is 0.353. The third-order valence-electron chi connectivity index (χ3n) is 3.38. The standard InChI is InChI=1S/C17H23N5O2S/c1-11-15(25-12(2)22-11)9-21-17(19-3)20-8-13-5-4-6-14(7-13)24-10-16(18)23/h4-7H,8-10H2,1-3H3,(H2,18,23)(H2,19,20,21). The topological polar surface area (TPSA) is 102 Å². The van der Waals surface area contributed by atoms with Gasteiger partial charge in [-0.15, -0.1) is 11.3 Å². The van der Waals surface area contributed by atoms with Gasteiger partial charge in [0.2, 0.25) is 0 Å². The zero-order valence-electron chi connectivity index (χ0n) is 14.6. The first kappa shape index (κ1) is 18.7. The summed E-state index contributed by atoms with van der Waals surface area (Å²) in [5, 5.41) is 7.59. The molecule has 0 aliphatic rings. The number of benzene rings is 1. The SMILES string of the molecule is CN=C(NCc1cccc(OCC(N)=O)c1)NCc1sc(C)nc1C. The Morgan fingerprint density at radius 1 is 1.32 bits per heavy atom. The molecule has 134 valence electrons. The van der Waals surface area contributed by atoms with Crippen molar-refractivity contribution in [2.45, 2.75) is 26.9 Å². The van der Waals surface area contributed by atoms with Crippen molar-refractivity contribution >= 4 is 23.2 Å². The van der Waals surface area contributed by atoms with Crippen molar-refractivity contribution in [2.75, 3.05) is 13.7 Å². The van der Waals surface area contributed by atoms with Crippen LogP contribution in [0.1, 0.15) is 21.1 Å². The number of nitrogens with one attached hydrogen (secondary N) is 2. The number of nitrogens with zero attached hydrogens (tertiary/aromatic N) is 2. The Hall–Kier alpha value is -2.61. The van der Waals surface area contributed by atoms with Crippen LogP contribution in [0, 0.1) is 13.8 Å². The number of hydrogen-bond acceptors (Lipinski definition) is 5. The van der Waals surface area contributed by atoms with E-state index in [9.17, 15) is 4.79 Å². The van der Waals surface area contributed by atoms with E-state index in [0.717, 1.165) is 16.3 Å². The molecule has 7 nitrogen and oxygen atoms in total. The number of aliphatic imine (C=N–C) groups is 1. The van der Waals surface area contributed by atoms with Gasteiger partial charge in [0.1, 0.15) is 5.75 Å². The molecule has 8 heteroatoms. The third-order valence-corrected chi connectivity index (χ3v) is 4.45. The predicted molar refractivity (Wildman–Crippen MR) is 99.8 cm³/mol. The molecule has 0 fully saturated rings. The number of rotatable bonds is 7. The van der Waals surface area contributed by atoms with Crippen LogP contribution in [0.4, 0.5) is 0 Å². The molecule has 1 heterocycles. The maximum absolute atomic E-state index is 10.8. The highest BCUT2D eigenvalue weighted by Gasteiger charge is 2.06. The fourth-order valence-electron chi connectivity index (χ4n) is 2.21. The summed E-state index contributed by atoms with van der Waals surface area (Å²) in [5.74, 6) is 0.812. The Kier molecular flexibility index (Phi) is 6.76. The smallest absolute Gasteiger partial charge is 0.255 e. The highest BCUT2D eigenvalue weighted by molar-refractivity contribution is 7.11. The van der Waals surface area contributed by atoms with Crippen molar-refractivity contribution in [3.8, 4) is 5.75 Å². The van der Waals surface area contributed by atoms with Crippen molar-refractivity contribution in [1.29, 1.82) is 0 Å². The molecular weight excluding hydrogens is 338 g/mol. The molecule has 1 aromatic heterocycles. The van der Waals surface area contributed by atoms with Crippen LogP contribution in [-0.4, -0.2) is 30.5 Å². The number of carbonyl (C=O) groups is 1. The Morgan fingerprint density at radius 3 is 2.72 bits per heavy atom. The van der Waals surface area contributed by atoms with Crippen molar-refractivity contribution in [1.82, 2.24) is 15.6 Å². The number of nitrogens with two attached hydrogens (primary N) is 1. The summed E-state index contributed by atoms with van der Waals surface area (Å²) in [5.41, 5.74) is 7.14. The number of amides is 1. The van der Waals surface area contributed by atoms with Crippen LogP contribution in [0.3, 0.4) is 0 Å². The molecule has 0 aliphatic heterocycles. The summed E-state index contributed by atoms with van der Waals surface area (Å²) >= 11 is 1.68. The Labute approximate surface area is 151 Å². The van der Waals surface area contributed by atoms with Gasteiger partial charge in [0.15, 0.2) is 12.6 Å². The number of thiazole rings is 1. The van der Waals surface area contributed by atoms with Crippen LogP contribution in [0.25, 0.3) is 0 Å². The largest absolute Gasteiger partial charge is 0.484 e. The summed E-state index contributed by atoms with van der Waals surface area (Å²) in [7, 11) is 1.73. The molecule has 0 saturated heterocycles. The number of aromatic nitrogens is 1. The summed E-state index contributed by atoms with van der Waals surface area (Å²) in [6.45, 7) is 5.14. The Bertz CT molecular complexity index is 757. The molecule has 0 atom stereocenters. The van der Waals surface area contributed by atoms with E-state index in [1.807, 2.05) is 32.0 Å². The first-order chi connectivity index (χ1) is 12.0. The Morgan fingerprint density at radius 2 is 2.08 bits per heavy atom. The van der Waals surface area contributed by atoms with Crippen LogP contribution in [0.2, 0.25) is 0 Å². The van der Waals surface area contributed by atoms with Crippen LogP contribution in [0.15, 0.2) is 29.3 Å². The van der Waals surface area contributed by atoms with Crippen LogP contribution in [-0.2, 0) is 17.9 Å². The second kappa shape index (κ2) is 9.03. The minimum absolute atomic E-state index is 0.131. The van der Waals surface area contributed by atoms with Gasteiger partial charge in [0, 0.05) is 18.5 Å². The highest BCUT2D eigenvalue weighted by Crippen LogP contribution is 2.16. The van der Waals surface area contributed by atoms with Gasteiger partial charge >= 0.3 is 0 Å². The molecule has 0 bridgehead atoms. The van der Waals surface area contributed by atoms with Crippen LogP contribution >= 0.6 is 11.3 Å². The molecule has 0 radical (unpaired) electrons. The summed E-state index contributed by atoms with van der Waals surface area (Å²) in [6.07, 6.45) is 0. The second-order valence-corrected chi connectivity index (χ2v) is 6.71. The minimum Gasteiger partial charge on any atom is -0.484 e. The highest BCUT2D eigenvalue weighted by atomic mass is 32.1. The molecule has 0 saturated carbocycles. The zero-order chi connectivity index (χ0) is 18.2. The third kappa shape index (κ3) is 6.07. The second-order valence-electron chi connectivity index (χ2n) is 5.42. The summed E-state index contributed by atoms with van der Waals surface area (Å²) < 4.78 is 5.31. The number of carbonyl (C=O) groups excluding carboxylic acids is 1. The molecule has 1 aromatic carbocycles. The normalized spacial score (nSPS) is 11.2. The van der Waals surface area contributed by atoms with Gasteiger partial charge in [-0.1, -0.05) is 12.1 Å². The lowest BCUT2D eigenvalue weighted by Gasteiger charge is -2.12. The van der Waals surface area contributed by atoms with Crippen molar-refractivity contribution in [3.63, 3.8) is 0 Å². The fourth-order valence-corrected chi connectivity index (χ4v) is 3.08. The average molecular weight is 361 g/mol.